The number of urea groups is 1. The molecular weight excluding hydrogens is 392 g/mol. The van der Waals surface area contributed by atoms with Crippen molar-refractivity contribution in [3.8, 4) is 0 Å². The number of nitrogens with zero attached hydrogens (tertiary/aromatic N) is 3. The van der Waals surface area contributed by atoms with Crippen molar-refractivity contribution in [1.82, 2.24) is 20.2 Å². The summed E-state index contributed by atoms with van der Waals surface area (Å²) in [6.07, 6.45) is 2.59. The zero-order chi connectivity index (χ0) is 19.8. The van der Waals surface area contributed by atoms with Crippen LogP contribution in [0.3, 0.4) is 0 Å². The lowest BCUT2D eigenvalue weighted by molar-refractivity contribution is 0.191. The number of carbonyl (C=O) groups excluding carboxylic acids is 1. The highest BCUT2D eigenvalue weighted by Gasteiger charge is 2.22. The van der Waals surface area contributed by atoms with Crippen molar-refractivity contribution in [1.29, 1.82) is 0 Å². The molecule has 0 saturated carbocycles. The van der Waals surface area contributed by atoms with Crippen LogP contribution >= 0.6 is 23.2 Å². The minimum absolute atomic E-state index is 0.125. The molecule has 1 aromatic heterocycles. The molecule has 2 amide bonds. The molecule has 0 atom stereocenters. The Balaban J connectivity index is 0.00000126. The Labute approximate surface area is 168 Å². The van der Waals surface area contributed by atoms with Crippen LogP contribution in [-0.2, 0) is 19.5 Å². The first kappa shape index (κ1) is 21.2. The molecule has 6 nitrogen and oxygen atoms in total. The first-order valence-electron chi connectivity index (χ1n) is 8.50. The molecule has 1 aliphatic rings. The molecule has 0 aliphatic carbocycles. The molecule has 0 spiro atoms. The van der Waals surface area contributed by atoms with E-state index < -0.39 is 0 Å². The third-order valence-corrected chi connectivity index (χ3v) is 4.73. The van der Waals surface area contributed by atoms with Crippen LogP contribution < -0.4 is 10.6 Å². The number of alkyl halides is 1. The molecule has 1 aromatic carbocycles. The van der Waals surface area contributed by atoms with Gasteiger partial charge in [-0.1, -0.05) is 29.3 Å². The van der Waals surface area contributed by atoms with Gasteiger partial charge in [-0.25, -0.2) is 14.8 Å². The minimum atomic E-state index is -0.125. The molecule has 3 rings (SSSR count). The molecule has 0 bridgehead atoms. The summed E-state index contributed by atoms with van der Waals surface area (Å²) in [5, 5.41) is 6.99. The summed E-state index contributed by atoms with van der Waals surface area (Å²) in [6, 6.07) is 5.20. The van der Waals surface area contributed by atoms with E-state index in [9.17, 15) is 9.18 Å². The molecule has 9 heteroatoms. The van der Waals surface area contributed by atoms with Gasteiger partial charge in [0.25, 0.3) is 0 Å². The smallest absolute Gasteiger partial charge is 0.318 e. The van der Waals surface area contributed by atoms with E-state index in [1.54, 1.807) is 17.0 Å². The number of fused-ring (bicyclic) bond motifs is 1. The molecule has 0 saturated heterocycles. The monoisotopic (exact) mass is 413 g/mol. The second-order valence-corrected chi connectivity index (χ2v) is 6.59. The largest absolute Gasteiger partial charge is 0.354 e. The molecular formula is C18H22Cl2FN5O. The molecule has 146 valence electrons. The lowest BCUT2D eigenvalue weighted by atomic mass is 10.1. The number of hydrogen-bond donors (Lipinski definition) is 2. The Morgan fingerprint density at radius 1 is 1.30 bits per heavy atom. The van der Waals surface area contributed by atoms with Gasteiger partial charge in [-0.2, -0.15) is 0 Å². The maximum absolute atomic E-state index is 12.4. The highest BCUT2D eigenvalue weighted by molar-refractivity contribution is 6.42. The molecule has 2 N–H and O–H groups in total. The van der Waals surface area contributed by atoms with Crippen LogP contribution in [0.1, 0.15) is 23.7 Å². The van der Waals surface area contributed by atoms with E-state index >= 15 is 0 Å². The average Bonchev–Trinajstić information content (AvgIpc) is 2.70. The summed E-state index contributed by atoms with van der Waals surface area (Å²) >= 11 is 11.9. The number of carbonyl (C=O) groups is 1. The number of hydrogen-bond acceptors (Lipinski definition) is 4. The SMILES string of the molecule is CCNc1ncc2c(n1)CN(C(=O)NCc1ccc(Cl)c(Cl)c1)CC2.CF. The average molecular weight is 414 g/mol. The summed E-state index contributed by atoms with van der Waals surface area (Å²) in [6.45, 7) is 4.26. The molecule has 1 aliphatic heterocycles. The molecule has 0 fully saturated rings. The fourth-order valence-electron chi connectivity index (χ4n) is 2.66. The van der Waals surface area contributed by atoms with E-state index in [-0.39, 0.29) is 6.03 Å². The van der Waals surface area contributed by atoms with Gasteiger partial charge in [-0.3, -0.25) is 4.39 Å². The standard InChI is InChI=1S/C17H19Cl2N5O.CH3F/c1-2-20-16-21-9-12-5-6-24(10-15(12)23-16)17(25)22-8-11-3-4-13(18)14(19)7-11;1-2/h3-4,7,9H,2,5-6,8,10H2,1H3,(H,22,25)(H,20,21,23);1H3. The van der Waals surface area contributed by atoms with Gasteiger partial charge in [0.2, 0.25) is 5.95 Å². The van der Waals surface area contributed by atoms with Gasteiger partial charge >= 0.3 is 6.03 Å². The Morgan fingerprint density at radius 3 is 2.78 bits per heavy atom. The first-order valence-corrected chi connectivity index (χ1v) is 9.25. The van der Waals surface area contributed by atoms with Crippen molar-refractivity contribution in [3.63, 3.8) is 0 Å². The highest BCUT2D eigenvalue weighted by Crippen LogP contribution is 2.22. The number of rotatable bonds is 4. The van der Waals surface area contributed by atoms with Gasteiger partial charge in [0.15, 0.2) is 0 Å². The lowest BCUT2D eigenvalue weighted by Crippen LogP contribution is -2.42. The number of aromatic nitrogens is 2. The van der Waals surface area contributed by atoms with Crippen molar-refractivity contribution in [3.05, 3.63) is 51.3 Å². The fraction of sp³-hybridized carbons (Fsp3) is 0.389. The highest BCUT2D eigenvalue weighted by atomic mass is 35.5. The molecule has 2 aromatic rings. The summed E-state index contributed by atoms with van der Waals surface area (Å²) in [4.78, 5) is 23.0. The summed E-state index contributed by atoms with van der Waals surface area (Å²) in [5.74, 6) is 0.597. The second-order valence-electron chi connectivity index (χ2n) is 5.77. The third-order valence-electron chi connectivity index (χ3n) is 4.00. The minimum Gasteiger partial charge on any atom is -0.354 e. The van der Waals surface area contributed by atoms with Crippen molar-refractivity contribution in [2.75, 3.05) is 25.6 Å². The van der Waals surface area contributed by atoms with Gasteiger partial charge in [0.05, 0.1) is 29.5 Å². The number of amides is 2. The van der Waals surface area contributed by atoms with Gasteiger partial charge in [0, 0.05) is 25.8 Å². The van der Waals surface area contributed by atoms with Crippen LogP contribution in [-0.4, -0.2) is 41.2 Å². The fourth-order valence-corrected chi connectivity index (χ4v) is 2.98. The number of nitrogens with one attached hydrogen (secondary N) is 2. The first-order chi connectivity index (χ1) is 13.1. The molecule has 0 unspecified atom stereocenters. The predicted octanol–water partition coefficient (Wildman–Crippen LogP) is 4.07. The lowest BCUT2D eigenvalue weighted by Gasteiger charge is -2.28. The quantitative estimate of drug-likeness (QED) is 0.792. The van der Waals surface area contributed by atoms with Crippen LogP contribution in [0.25, 0.3) is 0 Å². The Morgan fingerprint density at radius 2 is 2.07 bits per heavy atom. The molecule has 2 heterocycles. The Hall–Kier alpha value is -2.12. The van der Waals surface area contributed by atoms with Crippen LogP contribution in [0.2, 0.25) is 10.0 Å². The van der Waals surface area contributed by atoms with Crippen LogP contribution in [0, 0.1) is 0 Å². The number of benzene rings is 1. The second kappa shape index (κ2) is 10.3. The topological polar surface area (TPSA) is 70.2 Å². The van der Waals surface area contributed by atoms with E-state index in [0.717, 1.165) is 29.8 Å². The zero-order valence-electron chi connectivity index (χ0n) is 15.2. The number of halogens is 3. The molecule has 27 heavy (non-hydrogen) atoms. The Kier molecular flexibility index (Phi) is 8.06. The van der Waals surface area contributed by atoms with E-state index in [2.05, 4.69) is 20.6 Å². The Bertz CT molecular complexity index is 790. The van der Waals surface area contributed by atoms with E-state index in [1.165, 1.54) is 0 Å². The summed E-state index contributed by atoms with van der Waals surface area (Å²) < 4.78 is 9.50. The third kappa shape index (κ3) is 5.68. The van der Waals surface area contributed by atoms with Gasteiger partial charge in [0.1, 0.15) is 0 Å². The predicted molar refractivity (Wildman–Crippen MR) is 106 cm³/mol. The zero-order valence-corrected chi connectivity index (χ0v) is 16.7. The van der Waals surface area contributed by atoms with E-state index in [0.29, 0.717) is 42.8 Å². The normalized spacial score (nSPS) is 12.6. The van der Waals surface area contributed by atoms with Gasteiger partial charge in [-0.05, 0) is 36.6 Å². The van der Waals surface area contributed by atoms with Crippen molar-refractivity contribution < 1.29 is 9.18 Å². The van der Waals surface area contributed by atoms with E-state index in [4.69, 9.17) is 23.2 Å². The maximum Gasteiger partial charge on any atom is 0.318 e. The summed E-state index contributed by atoms with van der Waals surface area (Å²) in [5.41, 5.74) is 2.88. The van der Waals surface area contributed by atoms with Gasteiger partial charge < -0.3 is 15.5 Å². The van der Waals surface area contributed by atoms with Crippen molar-refractivity contribution in [2.45, 2.75) is 26.4 Å². The van der Waals surface area contributed by atoms with Crippen LogP contribution in [0.5, 0.6) is 0 Å². The van der Waals surface area contributed by atoms with Crippen LogP contribution in [0.4, 0.5) is 15.1 Å². The van der Waals surface area contributed by atoms with Crippen molar-refractivity contribution in [2.24, 2.45) is 0 Å². The van der Waals surface area contributed by atoms with E-state index in [1.807, 2.05) is 19.2 Å². The summed E-state index contributed by atoms with van der Waals surface area (Å²) in [7, 11) is 0.500. The van der Waals surface area contributed by atoms with Gasteiger partial charge in [-0.15, -0.1) is 0 Å². The van der Waals surface area contributed by atoms with Crippen LogP contribution in [0.15, 0.2) is 24.4 Å². The maximum atomic E-state index is 12.4. The molecule has 0 radical (unpaired) electrons. The van der Waals surface area contributed by atoms with Crippen molar-refractivity contribution >= 4 is 35.2 Å². The number of anilines is 1.